The van der Waals surface area contributed by atoms with E-state index in [1.54, 1.807) is 19.1 Å². The summed E-state index contributed by atoms with van der Waals surface area (Å²) in [6.45, 7) is 1.43. The van der Waals surface area contributed by atoms with Gasteiger partial charge in [0.05, 0.1) is 11.4 Å². The number of sulfonamides is 1. The maximum absolute atomic E-state index is 13.2. The van der Waals surface area contributed by atoms with Gasteiger partial charge in [0.15, 0.2) is 0 Å². The van der Waals surface area contributed by atoms with Crippen molar-refractivity contribution in [2.45, 2.75) is 24.4 Å². The Bertz CT molecular complexity index is 1210. The number of nitrogens with zero attached hydrogens (tertiary/aromatic N) is 2. The van der Waals surface area contributed by atoms with E-state index in [4.69, 9.17) is 0 Å². The molecule has 2 amide bonds. The molecule has 3 rings (SSSR count). The van der Waals surface area contributed by atoms with Crippen LogP contribution in [0.25, 0.3) is 10.8 Å². The summed E-state index contributed by atoms with van der Waals surface area (Å²) in [6.07, 6.45) is 0. The third-order valence-electron chi connectivity index (χ3n) is 5.40. The SMILES string of the molecule is CNC(=O)[C@@H](C)N(Cc1ccccc1)C(=O)CN(C)S(=O)(=O)c1ccc2ccccc2c1. The van der Waals surface area contributed by atoms with Crippen LogP contribution in [0.15, 0.2) is 77.7 Å². The molecular formula is C24H27N3O4S. The summed E-state index contributed by atoms with van der Waals surface area (Å²) in [6, 6.07) is 20.8. The molecule has 0 saturated carbocycles. The van der Waals surface area contributed by atoms with Gasteiger partial charge >= 0.3 is 0 Å². The van der Waals surface area contributed by atoms with Crippen molar-refractivity contribution in [3.05, 3.63) is 78.4 Å². The molecule has 1 atom stereocenters. The molecule has 0 fully saturated rings. The van der Waals surface area contributed by atoms with E-state index in [-0.39, 0.29) is 23.9 Å². The first-order valence-electron chi connectivity index (χ1n) is 10.2. The third kappa shape index (κ3) is 5.15. The molecule has 3 aromatic rings. The highest BCUT2D eigenvalue weighted by Crippen LogP contribution is 2.21. The van der Waals surface area contributed by atoms with Crippen molar-refractivity contribution in [2.75, 3.05) is 20.6 Å². The van der Waals surface area contributed by atoms with Crippen molar-refractivity contribution < 1.29 is 18.0 Å². The first-order chi connectivity index (χ1) is 15.2. The molecule has 0 aliphatic carbocycles. The zero-order chi connectivity index (χ0) is 23.3. The zero-order valence-electron chi connectivity index (χ0n) is 18.4. The monoisotopic (exact) mass is 453 g/mol. The summed E-state index contributed by atoms with van der Waals surface area (Å²) in [7, 11) is -1.03. The zero-order valence-corrected chi connectivity index (χ0v) is 19.2. The quantitative estimate of drug-likeness (QED) is 0.568. The number of fused-ring (bicyclic) bond motifs is 1. The number of carbonyl (C=O) groups is 2. The Labute approximate surface area is 188 Å². The Balaban J connectivity index is 1.83. The summed E-state index contributed by atoms with van der Waals surface area (Å²) in [5, 5.41) is 4.28. The maximum atomic E-state index is 13.2. The van der Waals surface area contributed by atoms with E-state index >= 15 is 0 Å². The average molecular weight is 454 g/mol. The molecule has 0 radical (unpaired) electrons. The molecule has 1 N–H and O–H groups in total. The molecule has 0 heterocycles. The van der Waals surface area contributed by atoms with Gasteiger partial charge in [0, 0.05) is 20.6 Å². The third-order valence-corrected chi connectivity index (χ3v) is 7.20. The van der Waals surface area contributed by atoms with Gasteiger partial charge in [-0.1, -0.05) is 60.7 Å². The minimum atomic E-state index is -3.90. The summed E-state index contributed by atoms with van der Waals surface area (Å²) < 4.78 is 27.3. The number of carbonyl (C=O) groups excluding carboxylic acids is 2. The number of hydrogen-bond donors (Lipinski definition) is 1. The number of benzene rings is 3. The van der Waals surface area contributed by atoms with E-state index in [2.05, 4.69) is 5.32 Å². The molecule has 0 aromatic heterocycles. The molecule has 32 heavy (non-hydrogen) atoms. The van der Waals surface area contributed by atoms with Crippen LogP contribution in [-0.2, 0) is 26.2 Å². The fraction of sp³-hybridized carbons (Fsp3) is 0.250. The Morgan fingerprint density at radius 3 is 2.22 bits per heavy atom. The summed E-state index contributed by atoms with van der Waals surface area (Å²) in [5.74, 6) is -0.786. The van der Waals surface area contributed by atoms with E-state index < -0.39 is 22.0 Å². The van der Waals surface area contributed by atoms with E-state index in [9.17, 15) is 18.0 Å². The number of amides is 2. The molecule has 8 heteroatoms. The second-order valence-electron chi connectivity index (χ2n) is 7.57. The number of hydrogen-bond acceptors (Lipinski definition) is 4. The van der Waals surface area contributed by atoms with Crippen LogP contribution in [0, 0.1) is 0 Å². The first-order valence-corrected chi connectivity index (χ1v) is 11.7. The van der Waals surface area contributed by atoms with Crippen LogP contribution in [0.4, 0.5) is 0 Å². The normalized spacial score (nSPS) is 12.5. The highest BCUT2D eigenvalue weighted by Gasteiger charge is 2.30. The Kier molecular flexibility index (Phi) is 7.27. The summed E-state index contributed by atoms with van der Waals surface area (Å²) in [4.78, 5) is 26.9. The lowest BCUT2D eigenvalue weighted by Gasteiger charge is -2.30. The molecule has 0 saturated heterocycles. The average Bonchev–Trinajstić information content (AvgIpc) is 2.81. The largest absolute Gasteiger partial charge is 0.357 e. The lowest BCUT2D eigenvalue weighted by molar-refractivity contribution is -0.140. The molecule has 3 aromatic carbocycles. The predicted octanol–water partition coefficient (Wildman–Crippen LogP) is 2.62. The highest BCUT2D eigenvalue weighted by molar-refractivity contribution is 7.89. The van der Waals surface area contributed by atoms with Gasteiger partial charge in [-0.25, -0.2) is 8.42 Å². The molecular weight excluding hydrogens is 426 g/mol. The van der Waals surface area contributed by atoms with Gasteiger partial charge in [0.1, 0.15) is 6.04 Å². The second-order valence-corrected chi connectivity index (χ2v) is 9.61. The molecule has 0 aliphatic heterocycles. The van der Waals surface area contributed by atoms with Gasteiger partial charge in [0.2, 0.25) is 21.8 Å². The highest BCUT2D eigenvalue weighted by atomic mass is 32.2. The van der Waals surface area contributed by atoms with Gasteiger partial charge in [-0.05, 0) is 35.4 Å². The van der Waals surface area contributed by atoms with Gasteiger partial charge in [0.25, 0.3) is 0 Å². The van der Waals surface area contributed by atoms with E-state index in [0.29, 0.717) is 0 Å². The van der Waals surface area contributed by atoms with Crippen LogP contribution >= 0.6 is 0 Å². The van der Waals surface area contributed by atoms with Crippen LogP contribution in [-0.4, -0.2) is 56.1 Å². The van der Waals surface area contributed by atoms with Crippen LogP contribution in [0.1, 0.15) is 12.5 Å². The van der Waals surface area contributed by atoms with Crippen LogP contribution in [0.3, 0.4) is 0 Å². The van der Waals surface area contributed by atoms with Crippen molar-refractivity contribution in [3.63, 3.8) is 0 Å². The van der Waals surface area contributed by atoms with Crippen molar-refractivity contribution in [2.24, 2.45) is 0 Å². The van der Waals surface area contributed by atoms with Crippen LogP contribution < -0.4 is 5.32 Å². The summed E-state index contributed by atoms with van der Waals surface area (Å²) in [5.41, 5.74) is 0.844. The van der Waals surface area contributed by atoms with Gasteiger partial charge < -0.3 is 10.2 Å². The van der Waals surface area contributed by atoms with E-state index in [1.165, 1.54) is 25.1 Å². The van der Waals surface area contributed by atoms with E-state index in [1.807, 2.05) is 54.6 Å². The lowest BCUT2D eigenvalue weighted by atomic mass is 10.1. The second kappa shape index (κ2) is 9.93. The van der Waals surface area contributed by atoms with Crippen molar-refractivity contribution in [1.29, 1.82) is 0 Å². The summed E-state index contributed by atoms with van der Waals surface area (Å²) >= 11 is 0. The van der Waals surface area contributed by atoms with Crippen molar-refractivity contribution in [1.82, 2.24) is 14.5 Å². The fourth-order valence-corrected chi connectivity index (χ4v) is 4.60. The van der Waals surface area contributed by atoms with Gasteiger partial charge in [-0.2, -0.15) is 4.31 Å². The number of nitrogens with one attached hydrogen (secondary N) is 1. The first kappa shape index (κ1) is 23.4. The Morgan fingerprint density at radius 1 is 0.938 bits per heavy atom. The van der Waals surface area contributed by atoms with E-state index in [0.717, 1.165) is 20.6 Å². The van der Waals surface area contributed by atoms with Crippen molar-refractivity contribution >= 4 is 32.6 Å². The van der Waals surface area contributed by atoms with Crippen LogP contribution in [0.2, 0.25) is 0 Å². The molecule has 0 bridgehead atoms. The minimum Gasteiger partial charge on any atom is -0.357 e. The molecule has 168 valence electrons. The van der Waals surface area contributed by atoms with Gasteiger partial charge in [-0.15, -0.1) is 0 Å². The molecule has 0 spiro atoms. The Hall–Kier alpha value is -3.23. The van der Waals surface area contributed by atoms with Crippen molar-refractivity contribution in [3.8, 4) is 0 Å². The molecule has 7 nitrogen and oxygen atoms in total. The number of likely N-dealkylation sites (N-methyl/N-ethyl adjacent to an activating group) is 2. The topological polar surface area (TPSA) is 86.8 Å². The molecule has 0 aliphatic rings. The minimum absolute atomic E-state index is 0.112. The van der Waals surface area contributed by atoms with Gasteiger partial charge in [-0.3, -0.25) is 9.59 Å². The number of rotatable bonds is 8. The lowest BCUT2D eigenvalue weighted by Crippen LogP contribution is -2.50. The maximum Gasteiger partial charge on any atom is 0.243 e. The molecule has 0 unspecified atom stereocenters. The fourth-order valence-electron chi connectivity index (χ4n) is 3.45. The van der Waals surface area contributed by atoms with Crippen LogP contribution in [0.5, 0.6) is 0 Å². The standard InChI is InChI=1S/C24H27N3O4S/c1-18(24(29)25-2)27(16-19-9-5-4-6-10-19)23(28)17-26(3)32(30,31)22-14-13-20-11-7-8-12-21(20)15-22/h4-15,18H,16-17H2,1-3H3,(H,25,29)/t18-/m1/s1. The Morgan fingerprint density at radius 2 is 1.56 bits per heavy atom. The smallest absolute Gasteiger partial charge is 0.243 e. The predicted molar refractivity (Wildman–Crippen MR) is 124 cm³/mol.